The van der Waals surface area contributed by atoms with Crippen LogP contribution in [0.15, 0.2) is 18.3 Å². The second-order valence-electron chi connectivity index (χ2n) is 3.55. The maximum Gasteiger partial charge on any atom is 0.168 e. The number of aromatic amines is 1. The van der Waals surface area contributed by atoms with Gasteiger partial charge in [-0.05, 0) is 12.1 Å². The van der Waals surface area contributed by atoms with Crippen LogP contribution in [0.25, 0.3) is 21.9 Å². The molecule has 6 heteroatoms. The van der Waals surface area contributed by atoms with E-state index in [1.165, 1.54) is 12.3 Å². The van der Waals surface area contributed by atoms with Gasteiger partial charge in [-0.25, -0.2) is 13.8 Å². The van der Waals surface area contributed by atoms with Gasteiger partial charge in [0, 0.05) is 17.0 Å². The average molecular weight is 273 g/mol. The van der Waals surface area contributed by atoms with Crippen LogP contribution in [0.4, 0.5) is 8.78 Å². The Morgan fingerprint density at radius 1 is 1.12 bits per heavy atom. The average Bonchev–Trinajstić information content (AvgIpc) is 2.69. The highest BCUT2D eigenvalue weighted by molar-refractivity contribution is 6.46. The Balaban J connectivity index is 2.65. The van der Waals surface area contributed by atoms with Crippen molar-refractivity contribution in [3.8, 4) is 0 Å². The number of fused-ring (bicyclic) bond motifs is 3. The van der Waals surface area contributed by atoms with Crippen molar-refractivity contribution in [2.75, 3.05) is 0 Å². The molecule has 0 bridgehead atoms. The summed E-state index contributed by atoms with van der Waals surface area (Å²) < 4.78 is 26.9. The van der Waals surface area contributed by atoms with Crippen LogP contribution in [-0.4, -0.2) is 9.97 Å². The number of H-pyrrole nitrogens is 1. The zero-order valence-corrected chi connectivity index (χ0v) is 9.70. The molecule has 0 spiro atoms. The van der Waals surface area contributed by atoms with E-state index in [4.69, 9.17) is 23.2 Å². The number of rotatable bonds is 0. The van der Waals surface area contributed by atoms with Crippen LogP contribution in [0.2, 0.25) is 10.0 Å². The molecule has 17 heavy (non-hydrogen) atoms. The summed E-state index contributed by atoms with van der Waals surface area (Å²) in [7, 11) is 0. The number of nitrogens with zero attached hydrogens (tertiary/aromatic N) is 1. The zero-order chi connectivity index (χ0) is 12.2. The molecular formula is C11H4Cl2F2N2. The monoisotopic (exact) mass is 272 g/mol. The molecule has 86 valence electrons. The van der Waals surface area contributed by atoms with E-state index in [0.717, 1.165) is 6.07 Å². The summed E-state index contributed by atoms with van der Waals surface area (Å²) in [5, 5.41) is 0.724. The van der Waals surface area contributed by atoms with Crippen LogP contribution in [0.3, 0.4) is 0 Å². The molecule has 0 aliphatic heterocycles. The Morgan fingerprint density at radius 2 is 1.88 bits per heavy atom. The second-order valence-corrected chi connectivity index (χ2v) is 4.34. The molecule has 0 unspecified atom stereocenters. The second kappa shape index (κ2) is 3.55. The number of benzene rings is 1. The smallest absolute Gasteiger partial charge is 0.168 e. The SMILES string of the molecule is Fc1ccc2[nH]c3ncc(Cl)c(Cl)c3c2c1F. The van der Waals surface area contributed by atoms with Crippen LogP contribution < -0.4 is 0 Å². The van der Waals surface area contributed by atoms with E-state index in [1.54, 1.807) is 0 Å². The van der Waals surface area contributed by atoms with E-state index in [0.29, 0.717) is 16.6 Å². The topological polar surface area (TPSA) is 28.7 Å². The fraction of sp³-hybridized carbons (Fsp3) is 0. The minimum atomic E-state index is -0.959. The van der Waals surface area contributed by atoms with Gasteiger partial charge in [-0.3, -0.25) is 0 Å². The molecule has 3 rings (SSSR count). The summed E-state index contributed by atoms with van der Waals surface area (Å²) in [6.07, 6.45) is 1.36. The van der Waals surface area contributed by atoms with Crippen LogP contribution >= 0.6 is 23.2 Å². The summed E-state index contributed by atoms with van der Waals surface area (Å²) in [5.74, 6) is -1.89. The van der Waals surface area contributed by atoms with Crippen molar-refractivity contribution in [3.63, 3.8) is 0 Å². The van der Waals surface area contributed by atoms with Crippen molar-refractivity contribution in [3.05, 3.63) is 40.0 Å². The van der Waals surface area contributed by atoms with Gasteiger partial charge in [-0.15, -0.1) is 0 Å². The van der Waals surface area contributed by atoms with Gasteiger partial charge < -0.3 is 4.98 Å². The third kappa shape index (κ3) is 1.41. The van der Waals surface area contributed by atoms with Gasteiger partial charge in [0.1, 0.15) is 5.65 Å². The number of aromatic nitrogens is 2. The Kier molecular flexibility index (Phi) is 2.24. The highest BCUT2D eigenvalue weighted by Crippen LogP contribution is 2.36. The quantitative estimate of drug-likeness (QED) is 0.649. The van der Waals surface area contributed by atoms with Crippen molar-refractivity contribution >= 4 is 45.1 Å². The lowest BCUT2D eigenvalue weighted by Gasteiger charge is -1.98. The van der Waals surface area contributed by atoms with Gasteiger partial charge in [-0.1, -0.05) is 23.2 Å². The molecule has 0 radical (unpaired) electrons. The fourth-order valence-electron chi connectivity index (χ4n) is 1.82. The maximum absolute atomic E-state index is 13.7. The molecule has 0 saturated carbocycles. The van der Waals surface area contributed by atoms with Crippen LogP contribution in [0.1, 0.15) is 0 Å². The van der Waals surface area contributed by atoms with E-state index >= 15 is 0 Å². The lowest BCUT2D eigenvalue weighted by molar-refractivity contribution is 0.517. The Morgan fingerprint density at radius 3 is 2.65 bits per heavy atom. The van der Waals surface area contributed by atoms with E-state index in [2.05, 4.69) is 9.97 Å². The van der Waals surface area contributed by atoms with Crippen molar-refractivity contribution in [2.24, 2.45) is 0 Å². The molecule has 0 saturated heterocycles. The third-order valence-electron chi connectivity index (χ3n) is 2.57. The summed E-state index contributed by atoms with van der Waals surface area (Å²) in [6.45, 7) is 0. The fourth-order valence-corrected chi connectivity index (χ4v) is 2.19. The zero-order valence-electron chi connectivity index (χ0n) is 8.19. The number of halogens is 4. The normalized spacial score (nSPS) is 11.5. The number of nitrogens with one attached hydrogen (secondary N) is 1. The van der Waals surface area contributed by atoms with Gasteiger partial charge in [-0.2, -0.15) is 0 Å². The lowest BCUT2D eigenvalue weighted by atomic mass is 10.2. The first-order chi connectivity index (χ1) is 8.09. The molecule has 2 aromatic heterocycles. The Hall–Kier alpha value is -1.39. The van der Waals surface area contributed by atoms with Crippen LogP contribution in [0.5, 0.6) is 0 Å². The van der Waals surface area contributed by atoms with E-state index < -0.39 is 11.6 Å². The maximum atomic E-state index is 13.7. The van der Waals surface area contributed by atoms with Crippen LogP contribution in [0, 0.1) is 11.6 Å². The molecule has 3 aromatic rings. The molecule has 2 heterocycles. The minimum absolute atomic E-state index is 0.0694. The summed E-state index contributed by atoms with van der Waals surface area (Å²) in [4.78, 5) is 6.84. The molecule has 0 amide bonds. The number of hydrogen-bond acceptors (Lipinski definition) is 1. The summed E-state index contributed by atoms with van der Waals surface area (Å²) in [5.41, 5.74) is 0.800. The standard InChI is InChI=1S/C11H4Cl2F2N2/c12-4-3-16-11-8(9(4)13)7-6(17-11)2-1-5(14)10(7)15/h1-3H,(H,16,17). The van der Waals surface area contributed by atoms with Crippen LogP contribution in [-0.2, 0) is 0 Å². The summed E-state index contributed by atoms with van der Waals surface area (Å²) >= 11 is 11.8. The van der Waals surface area contributed by atoms with Crippen molar-refractivity contribution < 1.29 is 8.78 Å². The molecule has 1 aromatic carbocycles. The van der Waals surface area contributed by atoms with Gasteiger partial charge >= 0.3 is 0 Å². The minimum Gasteiger partial charge on any atom is -0.339 e. The molecular weight excluding hydrogens is 269 g/mol. The van der Waals surface area contributed by atoms with Crippen molar-refractivity contribution in [1.82, 2.24) is 9.97 Å². The molecule has 2 nitrogen and oxygen atoms in total. The molecule has 0 atom stereocenters. The molecule has 1 N–H and O–H groups in total. The van der Waals surface area contributed by atoms with E-state index in [1.807, 2.05) is 0 Å². The van der Waals surface area contributed by atoms with Gasteiger partial charge in [0.15, 0.2) is 11.6 Å². The first-order valence-corrected chi connectivity index (χ1v) is 5.44. The Labute approximate surface area is 104 Å². The Bertz CT molecular complexity index is 690. The molecule has 0 fully saturated rings. The first-order valence-electron chi connectivity index (χ1n) is 4.69. The first kappa shape index (κ1) is 10.7. The predicted molar refractivity (Wildman–Crippen MR) is 63.5 cm³/mol. The number of hydrogen-bond donors (Lipinski definition) is 1. The lowest BCUT2D eigenvalue weighted by Crippen LogP contribution is -1.84. The highest BCUT2D eigenvalue weighted by Gasteiger charge is 2.17. The predicted octanol–water partition coefficient (Wildman–Crippen LogP) is 4.30. The largest absolute Gasteiger partial charge is 0.339 e. The third-order valence-corrected chi connectivity index (χ3v) is 3.35. The highest BCUT2D eigenvalue weighted by atomic mass is 35.5. The molecule has 0 aliphatic carbocycles. The van der Waals surface area contributed by atoms with E-state index in [9.17, 15) is 8.78 Å². The summed E-state index contributed by atoms with van der Waals surface area (Å²) in [6, 6.07) is 2.47. The van der Waals surface area contributed by atoms with Crippen molar-refractivity contribution in [1.29, 1.82) is 0 Å². The van der Waals surface area contributed by atoms with Crippen molar-refractivity contribution in [2.45, 2.75) is 0 Å². The number of pyridine rings is 1. The van der Waals surface area contributed by atoms with Gasteiger partial charge in [0.2, 0.25) is 0 Å². The van der Waals surface area contributed by atoms with Gasteiger partial charge in [0.25, 0.3) is 0 Å². The van der Waals surface area contributed by atoms with E-state index in [-0.39, 0.29) is 15.4 Å². The van der Waals surface area contributed by atoms with Gasteiger partial charge in [0.05, 0.1) is 15.6 Å². The molecule has 0 aliphatic rings.